The van der Waals surface area contributed by atoms with Crippen molar-refractivity contribution >= 4 is 17.5 Å². The Morgan fingerprint density at radius 2 is 1.29 bits per heavy atom. The molecule has 1 fully saturated rings. The highest BCUT2D eigenvalue weighted by Gasteiger charge is 2.18. The van der Waals surface area contributed by atoms with Gasteiger partial charge in [-0.3, -0.25) is 4.98 Å². The van der Waals surface area contributed by atoms with E-state index in [2.05, 4.69) is 82.7 Å². The Balaban J connectivity index is 0.000000531. The minimum absolute atomic E-state index is 0.558. The number of unbranched alkanes of at least 4 members (excludes halogenated alkanes) is 5. The maximum absolute atomic E-state index is 9.55. The second kappa shape index (κ2) is 19.2. The first kappa shape index (κ1) is 32.5. The summed E-state index contributed by atoms with van der Waals surface area (Å²) in [5.41, 5.74) is 5.43. The van der Waals surface area contributed by atoms with Crippen LogP contribution in [0.2, 0.25) is 0 Å². The van der Waals surface area contributed by atoms with Crippen LogP contribution in [-0.4, -0.2) is 51.7 Å². The molecule has 1 aromatic heterocycles. The Morgan fingerprint density at radius 1 is 0.738 bits per heavy atom. The van der Waals surface area contributed by atoms with Gasteiger partial charge in [0.05, 0.1) is 0 Å². The Kier molecular flexibility index (Phi) is 14.8. The van der Waals surface area contributed by atoms with E-state index in [4.69, 9.17) is 10.2 Å². The van der Waals surface area contributed by atoms with E-state index in [0.29, 0.717) is 18.1 Å². The molecule has 1 aliphatic rings. The van der Waals surface area contributed by atoms with Crippen LogP contribution in [0.5, 0.6) is 0 Å². The van der Waals surface area contributed by atoms with Crippen LogP contribution < -0.4 is 0 Å². The first-order valence-electron chi connectivity index (χ1n) is 15.1. The summed E-state index contributed by atoms with van der Waals surface area (Å²) >= 11 is 0. The summed E-state index contributed by atoms with van der Waals surface area (Å²) in [5.74, 6) is -1.84. The molecule has 0 bridgehead atoms. The second-order valence-electron chi connectivity index (χ2n) is 10.7. The number of benzene rings is 2. The van der Waals surface area contributed by atoms with Crippen molar-refractivity contribution < 1.29 is 19.8 Å². The molecule has 0 atom stereocenters. The third kappa shape index (κ3) is 13.1. The molecule has 0 unspecified atom stereocenters. The third-order valence-corrected chi connectivity index (χ3v) is 7.49. The van der Waals surface area contributed by atoms with Crippen LogP contribution in [0, 0.1) is 5.92 Å². The summed E-state index contributed by atoms with van der Waals surface area (Å²) in [7, 11) is 0. The van der Waals surface area contributed by atoms with Gasteiger partial charge in [-0.25, -0.2) is 9.59 Å². The fourth-order valence-electron chi connectivity index (χ4n) is 5.23. The van der Waals surface area contributed by atoms with Gasteiger partial charge in [-0.15, -0.1) is 0 Å². The molecular weight excluding hydrogens is 524 g/mol. The summed E-state index contributed by atoms with van der Waals surface area (Å²) in [6.07, 6.45) is 19.4. The van der Waals surface area contributed by atoms with Gasteiger partial charge in [0.25, 0.3) is 0 Å². The number of carboxylic acid groups (broad SMARTS) is 2. The first-order chi connectivity index (χ1) is 20.5. The average molecular weight is 569 g/mol. The quantitative estimate of drug-likeness (QED) is 0.154. The SMILES string of the molecule is C(=C(c1ccccc1)c1ccccc1)C1CCN(CCCCCCCCc2cccnc2)CC1.O=C(O)/C=C/C(=O)O. The van der Waals surface area contributed by atoms with Crippen LogP contribution in [0.25, 0.3) is 5.57 Å². The molecule has 0 spiro atoms. The van der Waals surface area contributed by atoms with Gasteiger partial charge >= 0.3 is 11.9 Å². The number of aliphatic carboxylic acids is 2. The molecule has 6 heteroatoms. The number of hydrogen-bond donors (Lipinski definition) is 2. The van der Waals surface area contributed by atoms with Gasteiger partial charge in [0.15, 0.2) is 0 Å². The van der Waals surface area contributed by atoms with E-state index in [9.17, 15) is 9.59 Å². The molecule has 1 aliphatic heterocycles. The molecule has 0 amide bonds. The minimum Gasteiger partial charge on any atom is -0.478 e. The standard InChI is InChI=1S/C32H40N2.C4H4O4/c1(3-7-14-29-15-13-22-33-27-29)2-4-12-23-34-24-20-28(21-25-34)26-32(30-16-8-5-9-17-30)31-18-10-6-11-19-31;5-3(6)1-2-4(7)8/h5-6,8-11,13,15-19,22,26-28H,1-4,7,12,14,20-21,23-25H2;1-2H,(H,5,6)(H,7,8)/b;2-1+. The summed E-state index contributed by atoms with van der Waals surface area (Å²) in [6, 6.07) is 26.0. The van der Waals surface area contributed by atoms with E-state index in [-0.39, 0.29) is 0 Å². The van der Waals surface area contributed by atoms with Gasteiger partial charge in [0.1, 0.15) is 0 Å². The summed E-state index contributed by atoms with van der Waals surface area (Å²) in [5, 5.41) is 15.6. The van der Waals surface area contributed by atoms with Gasteiger partial charge in [0, 0.05) is 24.5 Å². The fraction of sp³-hybridized carbons (Fsp3) is 0.361. The number of aryl methyl sites for hydroxylation is 1. The molecule has 3 aromatic rings. The van der Waals surface area contributed by atoms with Crippen molar-refractivity contribution in [1.82, 2.24) is 9.88 Å². The molecule has 2 heterocycles. The summed E-state index contributed by atoms with van der Waals surface area (Å²) in [6.45, 7) is 3.75. The molecule has 0 radical (unpaired) electrons. The molecule has 6 nitrogen and oxygen atoms in total. The highest BCUT2D eigenvalue weighted by atomic mass is 16.4. The van der Waals surface area contributed by atoms with Crippen molar-refractivity contribution in [3.05, 3.63) is 120 Å². The predicted molar refractivity (Wildman–Crippen MR) is 169 cm³/mol. The molecule has 42 heavy (non-hydrogen) atoms. The number of likely N-dealkylation sites (tertiary alicyclic amines) is 1. The fourth-order valence-corrected chi connectivity index (χ4v) is 5.23. The highest BCUT2D eigenvalue weighted by Crippen LogP contribution is 2.29. The molecule has 2 aromatic carbocycles. The number of carbonyl (C=O) groups is 2. The Hall–Kier alpha value is -4.03. The van der Waals surface area contributed by atoms with Crippen molar-refractivity contribution in [3.8, 4) is 0 Å². The zero-order valence-electron chi connectivity index (χ0n) is 24.5. The Bertz CT molecular complexity index is 1180. The minimum atomic E-state index is -1.26. The van der Waals surface area contributed by atoms with E-state index in [1.165, 1.54) is 99.7 Å². The number of carboxylic acids is 2. The number of rotatable bonds is 14. The van der Waals surface area contributed by atoms with Crippen molar-refractivity contribution in [2.45, 2.75) is 57.8 Å². The van der Waals surface area contributed by atoms with Crippen molar-refractivity contribution in [2.75, 3.05) is 19.6 Å². The largest absolute Gasteiger partial charge is 0.478 e. The normalized spacial score (nSPS) is 13.7. The zero-order valence-corrected chi connectivity index (χ0v) is 24.5. The summed E-state index contributed by atoms with van der Waals surface area (Å²) in [4.78, 5) is 26.0. The van der Waals surface area contributed by atoms with Crippen molar-refractivity contribution in [3.63, 3.8) is 0 Å². The van der Waals surface area contributed by atoms with Gasteiger partial charge in [-0.05, 0) is 86.0 Å². The van der Waals surface area contributed by atoms with Gasteiger partial charge in [-0.1, -0.05) is 98.5 Å². The number of aromatic nitrogens is 1. The number of nitrogens with zero attached hydrogens (tertiary/aromatic N) is 2. The highest BCUT2D eigenvalue weighted by molar-refractivity contribution is 5.89. The van der Waals surface area contributed by atoms with E-state index >= 15 is 0 Å². The van der Waals surface area contributed by atoms with Crippen LogP contribution in [0.15, 0.2) is 103 Å². The molecule has 0 saturated carbocycles. The molecular formula is C36H44N2O4. The zero-order chi connectivity index (χ0) is 29.8. The van der Waals surface area contributed by atoms with E-state index in [1.54, 1.807) is 0 Å². The number of piperidine rings is 1. The van der Waals surface area contributed by atoms with E-state index in [1.807, 2.05) is 18.5 Å². The topological polar surface area (TPSA) is 90.7 Å². The lowest BCUT2D eigenvalue weighted by molar-refractivity contribution is -0.134. The first-order valence-corrected chi connectivity index (χ1v) is 15.1. The van der Waals surface area contributed by atoms with Gasteiger partial charge < -0.3 is 15.1 Å². The molecule has 222 valence electrons. The number of hydrogen-bond acceptors (Lipinski definition) is 4. The van der Waals surface area contributed by atoms with Crippen molar-refractivity contribution in [1.29, 1.82) is 0 Å². The van der Waals surface area contributed by atoms with Gasteiger partial charge in [-0.2, -0.15) is 0 Å². The molecule has 1 saturated heterocycles. The van der Waals surface area contributed by atoms with Crippen LogP contribution in [0.3, 0.4) is 0 Å². The van der Waals surface area contributed by atoms with Crippen LogP contribution >= 0.6 is 0 Å². The van der Waals surface area contributed by atoms with Crippen molar-refractivity contribution in [2.24, 2.45) is 5.92 Å². The maximum atomic E-state index is 9.55. The average Bonchev–Trinajstić information content (AvgIpc) is 3.02. The monoisotopic (exact) mass is 568 g/mol. The van der Waals surface area contributed by atoms with Crippen LogP contribution in [-0.2, 0) is 16.0 Å². The van der Waals surface area contributed by atoms with E-state index < -0.39 is 11.9 Å². The van der Waals surface area contributed by atoms with Crippen LogP contribution in [0.1, 0.15) is 68.1 Å². The summed E-state index contributed by atoms with van der Waals surface area (Å²) < 4.78 is 0. The lowest BCUT2D eigenvalue weighted by Crippen LogP contribution is -2.34. The molecule has 2 N–H and O–H groups in total. The van der Waals surface area contributed by atoms with Gasteiger partial charge in [0.2, 0.25) is 0 Å². The predicted octanol–water partition coefficient (Wildman–Crippen LogP) is 7.52. The Labute approximate surface area is 250 Å². The Morgan fingerprint density at radius 3 is 1.81 bits per heavy atom. The van der Waals surface area contributed by atoms with E-state index in [0.717, 1.165) is 0 Å². The number of pyridine rings is 1. The molecule has 0 aliphatic carbocycles. The molecule has 4 rings (SSSR count). The van der Waals surface area contributed by atoms with Crippen LogP contribution in [0.4, 0.5) is 0 Å². The lowest BCUT2D eigenvalue weighted by Gasteiger charge is -2.31. The second-order valence-corrected chi connectivity index (χ2v) is 10.7. The number of allylic oxidation sites excluding steroid dienone is 1. The maximum Gasteiger partial charge on any atom is 0.328 e. The lowest BCUT2D eigenvalue weighted by atomic mass is 9.89. The smallest absolute Gasteiger partial charge is 0.328 e. The third-order valence-electron chi connectivity index (χ3n) is 7.49.